The van der Waals surface area contributed by atoms with E-state index in [-0.39, 0.29) is 0 Å². The van der Waals surface area contributed by atoms with E-state index >= 15 is 0 Å². The normalized spacial score (nSPS) is 12.9. The summed E-state index contributed by atoms with van der Waals surface area (Å²) in [6.45, 7) is 4.49. The van der Waals surface area contributed by atoms with Crippen molar-refractivity contribution < 1.29 is 0 Å². The molecule has 33 heavy (non-hydrogen) atoms. The Morgan fingerprint density at radius 1 is 0.606 bits per heavy atom. The molecule has 4 aromatic carbocycles. The van der Waals surface area contributed by atoms with Gasteiger partial charge in [-0.25, -0.2) is 0 Å². The van der Waals surface area contributed by atoms with Gasteiger partial charge in [-0.2, -0.15) is 0 Å². The van der Waals surface area contributed by atoms with Crippen LogP contribution in [0, 0.1) is 0 Å². The van der Waals surface area contributed by atoms with Crippen molar-refractivity contribution in [3.63, 3.8) is 0 Å². The van der Waals surface area contributed by atoms with Gasteiger partial charge in [0.2, 0.25) is 0 Å². The molecule has 0 aromatic heterocycles. The molecule has 0 N–H and O–H groups in total. The molecule has 0 fully saturated rings. The molecule has 0 amide bonds. The standard InChI is InChI=1S/C33H34/c1-3-5-7-9-11-24-13-17-28-26(21-24)15-19-30-31-20-16-27-22-25(12-10-8-6-4-2)14-18-29(27)33(31)23-32(28)30/h9-22H,3-8,23H2,1-2H3/b11-9+,12-10+. The number of allylic oxidation sites excluding steroid dienone is 2. The van der Waals surface area contributed by atoms with E-state index in [0.717, 1.165) is 19.3 Å². The van der Waals surface area contributed by atoms with Crippen molar-refractivity contribution in [2.75, 3.05) is 0 Å². The average Bonchev–Trinajstić information content (AvgIpc) is 3.24. The SMILES string of the molecule is CCCC/C=C/c1ccc2c3c(ccc2c1)-c1ccc2cc(/C=C/CCCC)ccc2c1C3. The number of unbranched alkanes of at least 4 members (excludes halogenated alkanes) is 4. The van der Waals surface area contributed by atoms with Crippen molar-refractivity contribution in [1.29, 1.82) is 0 Å². The molecule has 0 radical (unpaired) electrons. The van der Waals surface area contributed by atoms with Gasteiger partial charge < -0.3 is 0 Å². The van der Waals surface area contributed by atoms with E-state index < -0.39 is 0 Å². The molecular weight excluding hydrogens is 396 g/mol. The molecule has 0 heteroatoms. The lowest BCUT2D eigenvalue weighted by molar-refractivity contribution is 0.816. The highest BCUT2D eigenvalue weighted by atomic mass is 14.3. The smallest absolute Gasteiger partial charge is 0.000112 e. The highest BCUT2D eigenvalue weighted by Crippen LogP contribution is 2.43. The maximum atomic E-state index is 2.34. The van der Waals surface area contributed by atoms with Crippen LogP contribution < -0.4 is 0 Å². The lowest BCUT2D eigenvalue weighted by Crippen LogP contribution is -1.86. The van der Waals surface area contributed by atoms with Crippen LogP contribution in [0.25, 0.3) is 44.8 Å². The molecule has 5 rings (SSSR count). The summed E-state index contributed by atoms with van der Waals surface area (Å²) in [5, 5.41) is 5.50. The molecule has 4 aromatic rings. The fourth-order valence-corrected chi connectivity index (χ4v) is 5.18. The zero-order valence-electron chi connectivity index (χ0n) is 20.0. The summed E-state index contributed by atoms with van der Waals surface area (Å²) < 4.78 is 0. The molecule has 0 spiro atoms. The summed E-state index contributed by atoms with van der Waals surface area (Å²) >= 11 is 0. The van der Waals surface area contributed by atoms with E-state index in [1.54, 1.807) is 0 Å². The Morgan fingerprint density at radius 3 is 1.55 bits per heavy atom. The third-order valence-corrected chi connectivity index (χ3v) is 7.02. The molecule has 0 saturated carbocycles. The van der Waals surface area contributed by atoms with Crippen LogP contribution in [-0.2, 0) is 6.42 Å². The lowest BCUT2D eigenvalue weighted by Gasteiger charge is -2.07. The van der Waals surface area contributed by atoms with Gasteiger partial charge >= 0.3 is 0 Å². The summed E-state index contributed by atoms with van der Waals surface area (Å²) in [6, 6.07) is 23.2. The number of hydrogen-bond donors (Lipinski definition) is 0. The molecule has 0 saturated heterocycles. The van der Waals surface area contributed by atoms with Crippen LogP contribution in [0.3, 0.4) is 0 Å². The summed E-state index contributed by atoms with van der Waals surface area (Å²) in [4.78, 5) is 0. The Balaban J connectivity index is 1.46. The second-order valence-corrected chi connectivity index (χ2v) is 9.41. The Bertz CT molecular complexity index is 1240. The summed E-state index contributed by atoms with van der Waals surface area (Å²) in [5.74, 6) is 0. The largest absolute Gasteiger partial charge is 0.0839 e. The third-order valence-electron chi connectivity index (χ3n) is 7.02. The summed E-state index contributed by atoms with van der Waals surface area (Å²) in [7, 11) is 0. The molecule has 0 bridgehead atoms. The average molecular weight is 431 g/mol. The number of rotatable bonds is 8. The van der Waals surface area contributed by atoms with Gasteiger partial charge in [0, 0.05) is 0 Å². The van der Waals surface area contributed by atoms with Crippen LogP contribution >= 0.6 is 0 Å². The van der Waals surface area contributed by atoms with Crippen LogP contribution in [0.15, 0.2) is 72.8 Å². The molecular formula is C33H34. The van der Waals surface area contributed by atoms with Gasteiger partial charge in [0.1, 0.15) is 0 Å². The first-order valence-corrected chi connectivity index (χ1v) is 12.7. The van der Waals surface area contributed by atoms with Crippen molar-refractivity contribution in [2.45, 2.75) is 58.8 Å². The molecule has 0 aliphatic heterocycles. The third kappa shape index (κ3) is 4.40. The lowest BCUT2D eigenvalue weighted by atomic mass is 9.97. The van der Waals surface area contributed by atoms with Gasteiger partial charge in [-0.3, -0.25) is 0 Å². The van der Waals surface area contributed by atoms with Crippen LogP contribution in [0.1, 0.15) is 74.6 Å². The fraction of sp³-hybridized carbons (Fsp3) is 0.273. The van der Waals surface area contributed by atoms with Crippen molar-refractivity contribution in [3.05, 3.63) is 95.1 Å². The maximum Gasteiger partial charge on any atom is -0.000112 e. The summed E-state index contributed by atoms with van der Waals surface area (Å²) in [5.41, 5.74) is 8.40. The topological polar surface area (TPSA) is 0 Å². The van der Waals surface area contributed by atoms with E-state index in [1.807, 2.05) is 0 Å². The molecule has 0 nitrogen and oxygen atoms in total. The first-order chi connectivity index (χ1) is 16.3. The zero-order valence-corrected chi connectivity index (χ0v) is 20.0. The minimum atomic E-state index is 1.02. The molecule has 1 aliphatic rings. The minimum absolute atomic E-state index is 1.02. The van der Waals surface area contributed by atoms with Crippen molar-refractivity contribution in [1.82, 2.24) is 0 Å². The first kappa shape index (κ1) is 21.7. The monoisotopic (exact) mass is 430 g/mol. The molecule has 0 unspecified atom stereocenters. The molecule has 0 atom stereocenters. The van der Waals surface area contributed by atoms with Gasteiger partial charge in [-0.05, 0) is 86.3 Å². The van der Waals surface area contributed by atoms with E-state index in [9.17, 15) is 0 Å². The number of benzene rings is 4. The predicted octanol–water partition coefficient (Wildman–Crippen LogP) is 9.97. The van der Waals surface area contributed by atoms with Crippen LogP contribution in [0.4, 0.5) is 0 Å². The van der Waals surface area contributed by atoms with Crippen molar-refractivity contribution >= 4 is 33.7 Å². The van der Waals surface area contributed by atoms with Crippen LogP contribution in [-0.4, -0.2) is 0 Å². The van der Waals surface area contributed by atoms with Gasteiger partial charge in [-0.15, -0.1) is 0 Å². The van der Waals surface area contributed by atoms with Crippen molar-refractivity contribution in [2.24, 2.45) is 0 Å². The van der Waals surface area contributed by atoms with E-state index in [1.165, 1.54) is 80.6 Å². The van der Waals surface area contributed by atoms with E-state index in [4.69, 9.17) is 0 Å². The van der Waals surface area contributed by atoms with Crippen molar-refractivity contribution in [3.8, 4) is 11.1 Å². The second kappa shape index (κ2) is 9.79. The highest BCUT2D eigenvalue weighted by Gasteiger charge is 2.22. The quantitative estimate of drug-likeness (QED) is 0.215. The van der Waals surface area contributed by atoms with E-state index in [0.29, 0.717) is 0 Å². The number of hydrogen-bond acceptors (Lipinski definition) is 0. The molecule has 166 valence electrons. The predicted molar refractivity (Wildman–Crippen MR) is 147 cm³/mol. The zero-order chi connectivity index (χ0) is 22.6. The van der Waals surface area contributed by atoms with Crippen LogP contribution in [0.5, 0.6) is 0 Å². The summed E-state index contributed by atoms with van der Waals surface area (Å²) in [6.07, 6.45) is 17.6. The first-order valence-electron chi connectivity index (χ1n) is 12.7. The maximum absolute atomic E-state index is 2.34. The van der Waals surface area contributed by atoms with Gasteiger partial charge in [0.25, 0.3) is 0 Å². The molecule has 0 heterocycles. The Labute approximate surface area is 198 Å². The van der Waals surface area contributed by atoms with E-state index in [2.05, 4.69) is 98.8 Å². The van der Waals surface area contributed by atoms with Crippen LogP contribution in [0.2, 0.25) is 0 Å². The van der Waals surface area contributed by atoms with Gasteiger partial charge in [0.15, 0.2) is 0 Å². The van der Waals surface area contributed by atoms with Gasteiger partial charge in [0.05, 0.1) is 0 Å². The Hall–Kier alpha value is -3.12. The second-order valence-electron chi connectivity index (χ2n) is 9.41. The Morgan fingerprint density at radius 2 is 1.09 bits per heavy atom. The van der Waals surface area contributed by atoms with Gasteiger partial charge in [-0.1, -0.05) is 112 Å². The fourth-order valence-electron chi connectivity index (χ4n) is 5.18. The minimum Gasteiger partial charge on any atom is -0.0839 e. The Kier molecular flexibility index (Phi) is 6.44. The molecule has 1 aliphatic carbocycles. The highest BCUT2D eigenvalue weighted by molar-refractivity contribution is 6.01. The number of fused-ring (bicyclic) bond motifs is 7.